The summed E-state index contributed by atoms with van der Waals surface area (Å²) in [6.45, 7) is 7.33. The number of aryl methyl sites for hydroxylation is 2. The van der Waals surface area contributed by atoms with E-state index in [1.54, 1.807) is 0 Å². The van der Waals surface area contributed by atoms with Crippen molar-refractivity contribution >= 4 is 5.69 Å². The summed E-state index contributed by atoms with van der Waals surface area (Å²) in [5.74, 6) is 0. The van der Waals surface area contributed by atoms with Gasteiger partial charge in [0.15, 0.2) is 0 Å². The summed E-state index contributed by atoms with van der Waals surface area (Å²) in [5, 5.41) is 3.83. The SMILES string of the molecule is CCOC1CC(Nc2cc(C)cc(C)c2)C12CCCCC2. The van der Waals surface area contributed by atoms with E-state index in [1.165, 1.54) is 55.3 Å². The molecule has 0 aliphatic heterocycles. The fourth-order valence-corrected chi connectivity index (χ4v) is 4.52. The van der Waals surface area contributed by atoms with Crippen LogP contribution in [0.15, 0.2) is 18.2 Å². The summed E-state index contributed by atoms with van der Waals surface area (Å²) in [7, 11) is 0. The predicted octanol–water partition coefficient (Wildman–Crippen LogP) is 4.84. The Balaban J connectivity index is 1.75. The van der Waals surface area contributed by atoms with Crippen molar-refractivity contribution in [3.63, 3.8) is 0 Å². The van der Waals surface area contributed by atoms with Gasteiger partial charge in [-0.05, 0) is 63.3 Å². The Morgan fingerprint density at radius 2 is 1.76 bits per heavy atom. The molecule has 0 aromatic heterocycles. The lowest BCUT2D eigenvalue weighted by molar-refractivity contribution is -0.134. The van der Waals surface area contributed by atoms with Crippen LogP contribution in [0.5, 0.6) is 0 Å². The van der Waals surface area contributed by atoms with Crippen molar-refractivity contribution in [2.45, 2.75) is 71.4 Å². The summed E-state index contributed by atoms with van der Waals surface area (Å²) in [6, 6.07) is 7.39. The van der Waals surface area contributed by atoms with E-state index in [9.17, 15) is 0 Å². The summed E-state index contributed by atoms with van der Waals surface area (Å²) in [5.41, 5.74) is 4.37. The minimum Gasteiger partial charge on any atom is -0.382 e. The Hall–Kier alpha value is -1.02. The average molecular weight is 287 g/mol. The summed E-state index contributed by atoms with van der Waals surface area (Å²) < 4.78 is 6.05. The molecule has 2 aliphatic carbocycles. The van der Waals surface area contributed by atoms with E-state index in [4.69, 9.17) is 4.74 Å². The highest BCUT2D eigenvalue weighted by Crippen LogP contribution is 2.54. The first-order chi connectivity index (χ1) is 10.1. The highest BCUT2D eigenvalue weighted by atomic mass is 16.5. The van der Waals surface area contributed by atoms with Crippen molar-refractivity contribution in [2.75, 3.05) is 11.9 Å². The van der Waals surface area contributed by atoms with Crippen molar-refractivity contribution in [3.8, 4) is 0 Å². The maximum absolute atomic E-state index is 6.05. The van der Waals surface area contributed by atoms with Crippen LogP contribution in [0.3, 0.4) is 0 Å². The zero-order valence-electron chi connectivity index (χ0n) is 13.7. The van der Waals surface area contributed by atoms with Gasteiger partial charge in [0, 0.05) is 23.8 Å². The van der Waals surface area contributed by atoms with Crippen LogP contribution in [-0.2, 0) is 4.74 Å². The average Bonchev–Trinajstić information content (AvgIpc) is 2.46. The minimum absolute atomic E-state index is 0.395. The summed E-state index contributed by atoms with van der Waals surface area (Å²) in [4.78, 5) is 0. The first kappa shape index (κ1) is 14.9. The normalized spacial score (nSPS) is 27.4. The van der Waals surface area contributed by atoms with E-state index >= 15 is 0 Å². The molecule has 0 heterocycles. The number of hydrogen-bond acceptors (Lipinski definition) is 2. The lowest BCUT2D eigenvalue weighted by Gasteiger charge is -2.58. The molecule has 3 rings (SSSR count). The van der Waals surface area contributed by atoms with Crippen LogP contribution >= 0.6 is 0 Å². The molecule has 2 saturated carbocycles. The zero-order valence-corrected chi connectivity index (χ0v) is 13.7. The van der Waals surface area contributed by atoms with Gasteiger partial charge in [0.1, 0.15) is 0 Å². The van der Waals surface area contributed by atoms with Gasteiger partial charge in [-0.2, -0.15) is 0 Å². The van der Waals surface area contributed by atoms with Gasteiger partial charge in [0.05, 0.1) is 6.10 Å². The molecule has 0 saturated heterocycles. The molecule has 2 nitrogen and oxygen atoms in total. The second-order valence-electron chi connectivity index (χ2n) is 7.05. The van der Waals surface area contributed by atoms with Crippen LogP contribution < -0.4 is 5.32 Å². The van der Waals surface area contributed by atoms with Crippen molar-refractivity contribution in [3.05, 3.63) is 29.3 Å². The fraction of sp³-hybridized carbons (Fsp3) is 0.684. The van der Waals surface area contributed by atoms with Crippen molar-refractivity contribution in [2.24, 2.45) is 5.41 Å². The van der Waals surface area contributed by atoms with Crippen LogP contribution in [0.4, 0.5) is 5.69 Å². The molecule has 2 fully saturated rings. The fourth-order valence-electron chi connectivity index (χ4n) is 4.52. The monoisotopic (exact) mass is 287 g/mol. The quantitative estimate of drug-likeness (QED) is 0.855. The molecule has 0 amide bonds. The third-order valence-electron chi connectivity index (χ3n) is 5.50. The van der Waals surface area contributed by atoms with E-state index in [0.29, 0.717) is 17.6 Å². The summed E-state index contributed by atoms with van der Waals surface area (Å²) >= 11 is 0. The lowest BCUT2D eigenvalue weighted by atomic mass is 9.55. The van der Waals surface area contributed by atoms with E-state index in [1.807, 2.05) is 0 Å². The molecule has 2 unspecified atom stereocenters. The molecular weight excluding hydrogens is 258 g/mol. The van der Waals surface area contributed by atoms with Crippen LogP contribution in [-0.4, -0.2) is 18.8 Å². The predicted molar refractivity (Wildman–Crippen MR) is 88.9 cm³/mol. The Bertz CT molecular complexity index is 470. The third-order valence-corrected chi connectivity index (χ3v) is 5.50. The van der Waals surface area contributed by atoms with E-state index < -0.39 is 0 Å². The molecule has 2 heteroatoms. The molecule has 2 aliphatic rings. The highest BCUT2D eigenvalue weighted by Gasteiger charge is 2.55. The van der Waals surface area contributed by atoms with Gasteiger partial charge in [-0.1, -0.05) is 25.3 Å². The molecule has 21 heavy (non-hydrogen) atoms. The lowest BCUT2D eigenvalue weighted by Crippen LogP contribution is -2.62. The standard InChI is InChI=1S/C19H29NO/c1-4-21-18-13-17(19(18)8-6-5-7-9-19)20-16-11-14(2)10-15(3)12-16/h10-12,17-18,20H,4-9,13H2,1-3H3. The topological polar surface area (TPSA) is 21.3 Å². The van der Waals surface area contributed by atoms with Crippen LogP contribution in [0.2, 0.25) is 0 Å². The van der Waals surface area contributed by atoms with Crippen LogP contribution in [0.25, 0.3) is 0 Å². The van der Waals surface area contributed by atoms with Gasteiger partial charge in [-0.3, -0.25) is 0 Å². The Morgan fingerprint density at radius 1 is 1.10 bits per heavy atom. The van der Waals surface area contributed by atoms with Crippen LogP contribution in [0, 0.1) is 19.3 Å². The van der Waals surface area contributed by atoms with E-state index in [-0.39, 0.29) is 0 Å². The first-order valence-corrected chi connectivity index (χ1v) is 8.60. The Kier molecular flexibility index (Phi) is 4.26. The van der Waals surface area contributed by atoms with Gasteiger partial charge < -0.3 is 10.1 Å². The van der Waals surface area contributed by atoms with Gasteiger partial charge in [0.2, 0.25) is 0 Å². The Morgan fingerprint density at radius 3 is 2.38 bits per heavy atom. The molecule has 1 spiro atoms. The largest absolute Gasteiger partial charge is 0.382 e. The van der Waals surface area contributed by atoms with Crippen molar-refractivity contribution in [1.29, 1.82) is 0 Å². The molecule has 1 N–H and O–H groups in total. The summed E-state index contributed by atoms with van der Waals surface area (Å²) in [6.07, 6.45) is 8.45. The third kappa shape index (κ3) is 2.83. The number of rotatable bonds is 4. The second kappa shape index (κ2) is 6.00. The molecule has 1 aromatic carbocycles. The second-order valence-corrected chi connectivity index (χ2v) is 7.05. The number of ether oxygens (including phenoxy) is 1. The first-order valence-electron chi connectivity index (χ1n) is 8.60. The van der Waals surface area contributed by atoms with Gasteiger partial charge >= 0.3 is 0 Å². The van der Waals surface area contributed by atoms with E-state index in [2.05, 4.69) is 44.3 Å². The highest BCUT2D eigenvalue weighted by molar-refractivity contribution is 5.50. The van der Waals surface area contributed by atoms with Gasteiger partial charge in [0.25, 0.3) is 0 Å². The smallest absolute Gasteiger partial charge is 0.0670 e. The maximum atomic E-state index is 6.05. The Labute approximate surface area is 129 Å². The van der Waals surface area contributed by atoms with Crippen molar-refractivity contribution < 1.29 is 4.74 Å². The van der Waals surface area contributed by atoms with E-state index in [0.717, 1.165) is 6.61 Å². The molecule has 0 bridgehead atoms. The minimum atomic E-state index is 0.395. The molecule has 116 valence electrons. The number of hydrogen-bond donors (Lipinski definition) is 1. The van der Waals surface area contributed by atoms with Gasteiger partial charge in [-0.15, -0.1) is 0 Å². The van der Waals surface area contributed by atoms with Crippen LogP contribution in [0.1, 0.15) is 56.6 Å². The molecule has 1 aromatic rings. The van der Waals surface area contributed by atoms with Crippen molar-refractivity contribution in [1.82, 2.24) is 0 Å². The zero-order chi connectivity index (χ0) is 14.9. The maximum Gasteiger partial charge on any atom is 0.0670 e. The molecule has 0 radical (unpaired) electrons. The molecular formula is C19H29NO. The number of benzene rings is 1. The van der Waals surface area contributed by atoms with Gasteiger partial charge in [-0.25, -0.2) is 0 Å². The molecule has 2 atom stereocenters. The number of nitrogens with one attached hydrogen (secondary N) is 1. The number of anilines is 1.